The van der Waals surface area contributed by atoms with Crippen molar-refractivity contribution < 1.29 is 44.3 Å². The molecule has 0 atom stereocenters. The van der Waals surface area contributed by atoms with Crippen LogP contribution in [0, 0.1) is 0 Å². The highest BCUT2D eigenvalue weighted by Crippen LogP contribution is 2.38. The van der Waals surface area contributed by atoms with Gasteiger partial charge in [0.25, 0.3) is 0 Å². The largest absolute Gasteiger partial charge is 0.413 e. The second-order valence-corrected chi connectivity index (χ2v) is 2.45. The summed E-state index contributed by atoms with van der Waals surface area (Å²) in [5.74, 6) is -2.61. The van der Waals surface area contributed by atoms with E-state index in [-0.39, 0.29) is 0 Å². The maximum atomic E-state index is 12.1. The molecule has 0 spiro atoms. The lowest BCUT2D eigenvalue weighted by atomic mass is 10.4. The molecule has 0 aromatic carbocycles. The van der Waals surface area contributed by atoms with E-state index in [1.54, 1.807) is 0 Å². The van der Waals surface area contributed by atoms with E-state index in [0.29, 0.717) is 7.18 Å². The van der Waals surface area contributed by atoms with Crippen molar-refractivity contribution in [3.8, 4) is 0 Å². The summed E-state index contributed by atoms with van der Waals surface area (Å²) in [5, 5.41) is 0. The Morgan fingerprint density at radius 3 is 1.59 bits per heavy atom. The number of halogens is 9. The number of rotatable bonds is 4. The average Bonchev–Trinajstić information content (AvgIpc) is 2.00. The van der Waals surface area contributed by atoms with E-state index in [9.17, 15) is 39.5 Å². The molecule has 0 heterocycles. The minimum Gasteiger partial charge on any atom is -0.255 e. The minimum atomic E-state index is -5.42. The van der Waals surface area contributed by atoms with E-state index in [1.165, 1.54) is 0 Å². The van der Waals surface area contributed by atoms with Gasteiger partial charge in [0.05, 0.1) is 7.18 Å². The summed E-state index contributed by atoms with van der Waals surface area (Å²) < 4.78 is 106. The third-order valence-corrected chi connectivity index (χ3v) is 1.000. The monoisotopic (exact) mass is 278 g/mol. The molecule has 104 valence electrons. The SMILES string of the molecule is C=C(F)C(F)(F)OC(F)(F)CC(F)(F)F.CF. The summed E-state index contributed by atoms with van der Waals surface area (Å²) >= 11 is 0. The molecular formula is C7H7F9O. The maximum Gasteiger partial charge on any atom is 0.413 e. The highest BCUT2D eigenvalue weighted by molar-refractivity contribution is 4.91. The Morgan fingerprint density at radius 2 is 1.35 bits per heavy atom. The predicted octanol–water partition coefficient (Wildman–Crippen LogP) is 4.21. The average molecular weight is 278 g/mol. The fraction of sp³-hybridized carbons (Fsp3) is 0.714. The third-order valence-electron chi connectivity index (χ3n) is 1.000. The van der Waals surface area contributed by atoms with E-state index in [1.807, 2.05) is 6.58 Å². The molecule has 0 amide bonds. The molecule has 0 radical (unpaired) electrons. The van der Waals surface area contributed by atoms with Gasteiger partial charge in [0.2, 0.25) is 0 Å². The van der Waals surface area contributed by atoms with Gasteiger partial charge in [-0.05, 0) is 0 Å². The lowest BCUT2D eigenvalue weighted by molar-refractivity contribution is -0.383. The van der Waals surface area contributed by atoms with Crippen LogP contribution in [0.5, 0.6) is 0 Å². The van der Waals surface area contributed by atoms with Crippen LogP contribution in [0.25, 0.3) is 0 Å². The zero-order valence-corrected chi connectivity index (χ0v) is 8.22. The zero-order valence-electron chi connectivity index (χ0n) is 8.22. The van der Waals surface area contributed by atoms with Crippen molar-refractivity contribution in [3.05, 3.63) is 12.4 Å². The van der Waals surface area contributed by atoms with Crippen molar-refractivity contribution in [2.45, 2.75) is 24.8 Å². The molecule has 0 fully saturated rings. The third kappa shape index (κ3) is 8.83. The maximum absolute atomic E-state index is 12.1. The molecule has 0 bridgehead atoms. The molecule has 0 aliphatic heterocycles. The van der Waals surface area contributed by atoms with Crippen LogP contribution in [0.15, 0.2) is 12.4 Å². The van der Waals surface area contributed by atoms with Gasteiger partial charge < -0.3 is 0 Å². The van der Waals surface area contributed by atoms with Crippen LogP contribution in [0.2, 0.25) is 0 Å². The van der Waals surface area contributed by atoms with Gasteiger partial charge in [-0.3, -0.25) is 4.39 Å². The Morgan fingerprint density at radius 1 is 1.00 bits per heavy atom. The first-order chi connectivity index (χ1) is 7.36. The quantitative estimate of drug-likeness (QED) is 0.700. The first-order valence-corrected chi connectivity index (χ1v) is 3.61. The van der Waals surface area contributed by atoms with Gasteiger partial charge in [0, 0.05) is 0 Å². The van der Waals surface area contributed by atoms with Crippen LogP contribution in [-0.4, -0.2) is 25.6 Å². The van der Waals surface area contributed by atoms with Gasteiger partial charge in [0.1, 0.15) is 6.42 Å². The molecule has 0 aromatic heterocycles. The van der Waals surface area contributed by atoms with Gasteiger partial charge in [0.15, 0.2) is 5.83 Å². The van der Waals surface area contributed by atoms with E-state index in [0.717, 1.165) is 0 Å². The Labute approximate surface area is 89.8 Å². The standard InChI is InChI=1S/C6H4F8O.CH3F/c1-3(7)6(13,14)15-5(11,12)2-4(8,9)10;1-2/h1-2H2;1H3. The molecule has 0 aromatic rings. The second kappa shape index (κ2) is 6.12. The van der Waals surface area contributed by atoms with Crippen molar-refractivity contribution in [2.24, 2.45) is 0 Å². The van der Waals surface area contributed by atoms with Crippen molar-refractivity contribution in [3.63, 3.8) is 0 Å². The molecular weight excluding hydrogens is 271 g/mol. The van der Waals surface area contributed by atoms with Crippen LogP contribution in [0.4, 0.5) is 39.5 Å². The van der Waals surface area contributed by atoms with Crippen molar-refractivity contribution in [2.75, 3.05) is 7.18 Å². The number of alkyl halides is 8. The molecule has 0 saturated carbocycles. The summed E-state index contributed by atoms with van der Waals surface area (Å²) in [6.07, 6.45) is -18.7. The number of ether oxygens (including phenoxy) is 1. The molecule has 0 aliphatic carbocycles. The first kappa shape index (κ1) is 18.4. The highest BCUT2D eigenvalue weighted by atomic mass is 19.4. The topological polar surface area (TPSA) is 9.23 Å². The normalized spacial score (nSPS) is 12.8. The van der Waals surface area contributed by atoms with E-state index < -0.39 is 30.6 Å². The molecule has 1 nitrogen and oxygen atoms in total. The molecule has 0 unspecified atom stereocenters. The Kier molecular flexibility index (Phi) is 6.64. The van der Waals surface area contributed by atoms with Crippen molar-refractivity contribution in [1.29, 1.82) is 0 Å². The van der Waals surface area contributed by atoms with Crippen LogP contribution in [-0.2, 0) is 4.74 Å². The highest BCUT2D eigenvalue weighted by Gasteiger charge is 2.52. The van der Waals surface area contributed by atoms with Gasteiger partial charge >= 0.3 is 18.4 Å². The fourth-order valence-electron chi connectivity index (χ4n) is 0.512. The summed E-state index contributed by atoms with van der Waals surface area (Å²) in [6.45, 7) is 1.95. The summed E-state index contributed by atoms with van der Waals surface area (Å²) in [7, 11) is 0.500. The Bertz CT molecular complexity index is 244. The molecule has 0 aliphatic rings. The van der Waals surface area contributed by atoms with Crippen LogP contribution < -0.4 is 0 Å². The first-order valence-electron chi connectivity index (χ1n) is 3.61. The lowest BCUT2D eigenvalue weighted by Crippen LogP contribution is -2.36. The van der Waals surface area contributed by atoms with E-state index in [2.05, 4.69) is 4.74 Å². The Balaban J connectivity index is 0. The minimum absolute atomic E-state index is 0.500. The molecule has 0 N–H and O–H groups in total. The van der Waals surface area contributed by atoms with Crippen molar-refractivity contribution in [1.82, 2.24) is 0 Å². The van der Waals surface area contributed by atoms with E-state index in [4.69, 9.17) is 0 Å². The van der Waals surface area contributed by atoms with Crippen LogP contribution in [0.1, 0.15) is 6.42 Å². The Hall–Kier alpha value is -0.930. The molecule has 10 heteroatoms. The van der Waals surface area contributed by atoms with Gasteiger partial charge in [-0.25, -0.2) is 9.13 Å². The van der Waals surface area contributed by atoms with Crippen molar-refractivity contribution >= 4 is 0 Å². The summed E-state index contributed by atoms with van der Waals surface area (Å²) in [4.78, 5) is 0. The molecule has 0 rings (SSSR count). The van der Waals surface area contributed by atoms with Gasteiger partial charge in [-0.2, -0.15) is 30.7 Å². The van der Waals surface area contributed by atoms with Crippen LogP contribution in [0.3, 0.4) is 0 Å². The fourth-order valence-corrected chi connectivity index (χ4v) is 0.512. The molecule has 0 saturated heterocycles. The van der Waals surface area contributed by atoms with Gasteiger partial charge in [-0.1, -0.05) is 6.58 Å². The van der Waals surface area contributed by atoms with Crippen LogP contribution >= 0.6 is 0 Å². The zero-order chi connectivity index (χ0) is 14.5. The summed E-state index contributed by atoms with van der Waals surface area (Å²) in [6, 6.07) is 0. The second-order valence-electron chi connectivity index (χ2n) is 2.45. The summed E-state index contributed by atoms with van der Waals surface area (Å²) in [5.41, 5.74) is 0. The number of hydrogen-bond donors (Lipinski definition) is 0. The van der Waals surface area contributed by atoms with Gasteiger partial charge in [-0.15, -0.1) is 0 Å². The smallest absolute Gasteiger partial charge is 0.255 e. The molecule has 17 heavy (non-hydrogen) atoms. The predicted molar refractivity (Wildman–Crippen MR) is 38.9 cm³/mol. The number of hydrogen-bond acceptors (Lipinski definition) is 1. The lowest BCUT2D eigenvalue weighted by Gasteiger charge is -2.22. The van der Waals surface area contributed by atoms with E-state index >= 15 is 0 Å².